The molecule has 266 valence electrons. The Hall–Kier alpha value is -4.71. The standard InChI is InChI=1S/C33H30N2O3.C4H8ClNO.CH4O3S.H2/c1-21-11-15-24(16-12-21)38-25-17-13-23(14-18-25)35-29-20-19-28(34-22-7-3-2-4-8-22)30-31(29)33(37)27-10-6-5-9-26(27)32(30)36;1-2-6-4(7)3-5;1-5(2,3)4;/h5-6,9-20,22,34-35H,2-4,7-8H2,1H3;2-3H2,1H3,(H,6,7);1H3,(H,2,3,4);1H. The van der Waals surface area contributed by atoms with Gasteiger partial charge in [-0.15, -0.1) is 11.6 Å². The number of aryl methyl sites for hydroxylation is 1. The van der Waals surface area contributed by atoms with Crippen molar-refractivity contribution in [3.8, 4) is 11.5 Å². The Morgan fingerprint density at radius 1 is 0.840 bits per heavy atom. The summed E-state index contributed by atoms with van der Waals surface area (Å²) in [6, 6.07) is 26.7. The summed E-state index contributed by atoms with van der Waals surface area (Å²) in [7, 11) is -3.67. The minimum Gasteiger partial charge on any atom is -0.457 e. The van der Waals surface area contributed by atoms with Crippen molar-refractivity contribution < 1.29 is 33.5 Å². The van der Waals surface area contributed by atoms with Gasteiger partial charge in [0.2, 0.25) is 5.91 Å². The van der Waals surface area contributed by atoms with Crippen molar-refractivity contribution >= 4 is 56.3 Å². The van der Waals surface area contributed by atoms with Gasteiger partial charge in [-0.1, -0.05) is 61.2 Å². The normalized spacial score (nSPS) is 13.7. The van der Waals surface area contributed by atoms with Crippen LogP contribution >= 0.6 is 11.6 Å². The summed E-state index contributed by atoms with van der Waals surface area (Å²) in [5.74, 6) is 1.20. The maximum atomic E-state index is 13.8. The van der Waals surface area contributed by atoms with E-state index in [1.807, 2.05) is 80.6 Å². The average Bonchev–Trinajstić information content (AvgIpc) is 3.09. The Morgan fingerprint density at radius 3 is 1.84 bits per heavy atom. The van der Waals surface area contributed by atoms with Gasteiger partial charge in [0.1, 0.15) is 17.4 Å². The van der Waals surface area contributed by atoms with E-state index in [1.165, 1.54) is 24.8 Å². The summed E-state index contributed by atoms with van der Waals surface area (Å²) >= 11 is 5.12. The minimum atomic E-state index is -3.67. The fraction of sp³-hybridized carbons (Fsp3) is 0.289. The van der Waals surface area contributed by atoms with E-state index in [0.717, 1.165) is 30.0 Å². The quantitative estimate of drug-likeness (QED) is 0.0919. The molecule has 0 radical (unpaired) electrons. The van der Waals surface area contributed by atoms with Crippen LogP contribution in [0.25, 0.3) is 0 Å². The first-order valence-corrected chi connectivity index (χ1v) is 18.7. The summed E-state index contributed by atoms with van der Waals surface area (Å²) < 4.78 is 31.8. The molecule has 1 fully saturated rings. The summed E-state index contributed by atoms with van der Waals surface area (Å²) in [4.78, 5) is 37.6. The molecule has 4 aromatic carbocycles. The van der Waals surface area contributed by atoms with Crippen LogP contribution in [0.15, 0.2) is 84.9 Å². The fourth-order valence-corrected chi connectivity index (χ4v) is 5.76. The zero-order chi connectivity index (χ0) is 36.3. The Kier molecular flexibility index (Phi) is 13.6. The summed E-state index contributed by atoms with van der Waals surface area (Å²) in [5, 5.41) is 9.51. The van der Waals surface area contributed by atoms with Crippen LogP contribution in [0.3, 0.4) is 0 Å². The van der Waals surface area contributed by atoms with E-state index in [2.05, 4.69) is 16.0 Å². The molecule has 4 N–H and O–H groups in total. The van der Waals surface area contributed by atoms with Crippen molar-refractivity contribution in [3.05, 3.63) is 113 Å². The molecule has 4 aromatic rings. The van der Waals surface area contributed by atoms with Gasteiger partial charge in [-0.05, 0) is 75.2 Å². The molecule has 6 rings (SSSR count). The number of amides is 1. The van der Waals surface area contributed by atoms with Crippen molar-refractivity contribution in [3.63, 3.8) is 0 Å². The molecule has 0 aromatic heterocycles. The highest BCUT2D eigenvalue weighted by atomic mass is 35.5. The molecule has 0 spiro atoms. The zero-order valence-electron chi connectivity index (χ0n) is 28.3. The van der Waals surface area contributed by atoms with Crippen LogP contribution < -0.4 is 20.7 Å². The van der Waals surface area contributed by atoms with E-state index in [1.54, 1.807) is 18.2 Å². The second kappa shape index (κ2) is 17.8. The van der Waals surface area contributed by atoms with E-state index >= 15 is 0 Å². The molecule has 2 aliphatic carbocycles. The number of fused-ring (bicyclic) bond motifs is 2. The first-order valence-electron chi connectivity index (χ1n) is 16.4. The molecule has 0 bridgehead atoms. The minimum absolute atomic E-state index is 0. The average molecular weight is 722 g/mol. The van der Waals surface area contributed by atoms with Crippen LogP contribution in [0.1, 0.15) is 77.9 Å². The van der Waals surface area contributed by atoms with Crippen LogP contribution in [-0.2, 0) is 14.9 Å². The predicted octanol–water partition coefficient (Wildman–Crippen LogP) is 8.16. The Bertz CT molecular complexity index is 1910. The van der Waals surface area contributed by atoms with E-state index in [0.29, 0.717) is 52.5 Å². The largest absolute Gasteiger partial charge is 0.457 e. The second-order valence-electron chi connectivity index (χ2n) is 12.0. The maximum absolute atomic E-state index is 13.8. The number of ether oxygens (including phenoxy) is 1. The lowest BCUT2D eigenvalue weighted by atomic mass is 9.82. The number of benzene rings is 4. The third kappa shape index (κ3) is 10.9. The van der Waals surface area contributed by atoms with Crippen molar-refractivity contribution in [1.82, 2.24) is 5.32 Å². The number of carbonyl (C=O) groups is 3. The van der Waals surface area contributed by atoms with Crippen LogP contribution in [0, 0.1) is 6.92 Å². The highest BCUT2D eigenvalue weighted by Crippen LogP contribution is 2.39. The van der Waals surface area contributed by atoms with Crippen molar-refractivity contribution in [1.29, 1.82) is 0 Å². The van der Waals surface area contributed by atoms with Crippen molar-refractivity contribution in [2.24, 2.45) is 0 Å². The summed E-state index contributed by atoms with van der Waals surface area (Å²) in [6.45, 7) is 4.55. The molecule has 0 saturated heterocycles. The van der Waals surface area contributed by atoms with Gasteiger partial charge >= 0.3 is 0 Å². The van der Waals surface area contributed by atoms with Gasteiger partial charge in [-0.2, -0.15) is 8.42 Å². The lowest BCUT2D eigenvalue weighted by Crippen LogP contribution is -2.27. The fourth-order valence-electron chi connectivity index (χ4n) is 5.66. The van der Waals surface area contributed by atoms with Crippen LogP contribution in [-0.4, -0.2) is 55.2 Å². The number of ketones is 2. The van der Waals surface area contributed by atoms with E-state index in [9.17, 15) is 22.8 Å². The number of nitrogens with one attached hydrogen (secondary N) is 3. The predicted molar refractivity (Wildman–Crippen MR) is 200 cm³/mol. The van der Waals surface area contributed by atoms with Gasteiger partial charge in [0.25, 0.3) is 10.1 Å². The highest BCUT2D eigenvalue weighted by Gasteiger charge is 2.34. The molecule has 50 heavy (non-hydrogen) atoms. The Balaban J connectivity index is 0.000000468. The van der Waals surface area contributed by atoms with Gasteiger partial charge in [0.05, 0.1) is 23.1 Å². The molecular weight excluding hydrogens is 678 g/mol. The van der Waals surface area contributed by atoms with E-state index in [4.69, 9.17) is 20.9 Å². The number of hydrogen-bond acceptors (Lipinski definition) is 8. The first kappa shape index (κ1) is 38.1. The third-order valence-corrected chi connectivity index (χ3v) is 8.17. The molecule has 2 aliphatic rings. The summed E-state index contributed by atoms with van der Waals surface area (Å²) in [5.41, 5.74) is 5.14. The Labute approximate surface area is 299 Å². The smallest absolute Gasteiger partial charge is 0.261 e. The summed E-state index contributed by atoms with van der Waals surface area (Å²) in [6.07, 6.45) is 6.47. The van der Waals surface area contributed by atoms with Crippen LogP contribution in [0.4, 0.5) is 17.1 Å². The van der Waals surface area contributed by atoms with E-state index in [-0.39, 0.29) is 24.8 Å². The van der Waals surface area contributed by atoms with Crippen molar-refractivity contribution in [2.75, 3.05) is 29.3 Å². The maximum Gasteiger partial charge on any atom is 0.261 e. The second-order valence-corrected chi connectivity index (χ2v) is 13.7. The molecule has 1 amide bonds. The number of rotatable bonds is 8. The molecule has 0 unspecified atom stereocenters. The van der Waals surface area contributed by atoms with E-state index < -0.39 is 10.1 Å². The SMILES string of the molecule is CCNC(=O)CCl.CS(=O)(=O)O.Cc1ccc(Oc2ccc(Nc3ccc(NC4CCCCC4)c4c3C(=O)c3ccccc3C4=O)cc2)cc1.[HH]. The van der Waals surface area contributed by atoms with Gasteiger partial charge < -0.3 is 20.7 Å². The Morgan fingerprint density at radius 2 is 1.34 bits per heavy atom. The number of alkyl halides is 1. The van der Waals surface area contributed by atoms with Gasteiger partial charge in [0.15, 0.2) is 11.6 Å². The molecule has 0 aliphatic heterocycles. The molecular formula is C38H44ClN3O7S. The van der Waals surface area contributed by atoms with Gasteiger partial charge in [0, 0.05) is 36.5 Å². The number of hydrogen-bond donors (Lipinski definition) is 4. The molecule has 12 heteroatoms. The number of halogens is 1. The van der Waals surface area contributed by atoms with Crippen LogP contribution in [0.5, 0.6) is 11.5 Å². The van der Waals surface area contributed by atoms with Crippen molar-refractivity contribution in [2.45, 2.75) is 52.0 Å². The molecule has 0 heterocycles. The van der Waals surface area contributed by atoms with Gasteiger partial charge in [-0.3, -0.25) is 18.9 Å². The highest BCUT2D eigenvalue weighted by molar-refractivity contribution is 7.85. The first-order chi connectivity index (χ1) is 23.9. The number of carbonyl (C=O) groups excluding carboxylic acids is 3. The third-order valence-electron chi connectivity index (χ3n) is 7.93. The molecule has 10 nitrogen and oxygen atoms in total. The lowest BCUT2D eigenvalue weighted by Gasteiger charge is -2.28. The van der Waals surface area contributed by atoms with Gasteiger partial charge in [-0.25, -0.2) is 0 Å². The zero-order valence-corrected chi connectivity index (χ0v) is 29.9. The topological polar surface area (TPSA) is 151 Å². The number of anilines is 3. The monoisotopic (exact) mass is 721 g/mol. The molecule has 0 atom stereocenters. The van der Waals surface area contributed by atoms with Crippen LogP contribution in [0.2, 0.25) is 0 Å². The molecule has 1 saturated carbocycles. The lowest BCUT2D eigenvalue weighted by molar-refractivity contribution is -0.118.